The third-order valence-corrected chi connectivity index (χ3v) is 2.35. The van der Waals surface area contributed by atoms with Gasteiger partial charge in [0, 0.05) is 6.54 Å². The number of rotatable bonds is 5. The summed E-state index contributed by atoms with van der Waals surface area (Å²) in [6, 6.07) is 0. The van der Waals surface area contributed by atoms with Crippen molar-refractivity contribution in [3.8, 4) is 0 Å². The van der Waals surface area contributed by atoms with Gasteiger partial charge in [0.15, 0.2) is 23.3 Å². The van der Waals surface area contributed by atoms with Gasteiger partial charge in [-0.15, -0.1) is 0 Å². The number of halogens is 5. The van der Waals surface area contributed by atoms with Crippen LogP contribution >= 0.6 is 0 Å². The van der Waals surface area contributed by atoms with Crippen molar-refractivity contribution in [3.05, 3.63) is 34.6 Å². The highest BCUT2D eigenvalue weighted by Crippen LogP contribution is 2.22. The maximum atomic E-state index is 13.2. The summed E-state index contributed by atoms with van der Waals surface area (Å²) >= 11 is 0. The van der Waals surface area contributed by atoms with Crippen molar-refractivity contribution in [3.63, 3.8) is 0 Å². The van der Waals surface area contributed by atoms with Crippen LogP contribution in [0.3, 0.4) is 0 Å². The van der Waals surface area contributed by atoms with Crippen molar-refractivity contribution in [1.29, 1.82) is 0 Å². The molecule has 0 saturated heterocycles. The van der Waals surface area contributed by atoms with E-state index in [1.807, 2.05) is 0 Å². The largest absolute Gasteiger partial charge is 0.352 e. The summed E-state index contributed by atoms with van der Waals surface area (Å²) in [5, 5.41) is 2.06. The van der Waals surface area contributed by atoms with Crippen LogP contribution in [0, 0.1) is 29.1 Å². The predicted octanol–water partition coefficient (Wildman–Crippen LogP) is 1.85. The molecular formula is C11H11F5N2O. The van der Waals surface area contributed by atoms with Crippen molar-refractivity contribution < 1.29 is 26.7 Å². The molecule has 0 spiro atoms. The fourth-order valence-electron chi connectivity index (χ4n) is 1.36. The highest BCUT2D eigenvalue weighted by atomic mass is 19.2. The van der Waals surface area contributed by atoms with Crippen molar-refractivity contribution >= 4 is 5.91 Å². The molecule has 8 heteroatoms. The second-order valence-corrected chi connectivity index (χ2v) is 3.70. The maximum absolute atomic E-state index is 13.2. The molecule has 0 heterocycles. The molecule has 0 fully saturated rings. The topological polar surface area (TPSA) is 55.1 Å². The Balaban J connectivity index is 2.97. The molecule has 1 aromatic carbocycles. The molecule has 0 aliphatic heterocycles. The Morgan fingerprint density at radius 2 is 1.37 bits per heavy atom. The zero-order chi connectivity index (χ0) is 14.6. The van der Waals surface area contributed by atoms with Gasteiger partial charge in [-0.1, -0.05) is 0 Å². The number of carbonyl (C=O) groups is 1. The SMILES string of the molecule is NCCCCNC(=O)c1c(F)c(F)c(F)c(F)c1F. The summed E-state index contributed by atoms with van der Waals surface area (Å²) < 4.78 is 64.9. The van der Waals surface area contributed by atoms with E-state index < -0.39 is 40.6 Å². The zero-order valence-electron chi connectivity index (χ0n) is 9.70. The van der Waals surface area contributed by atoms with E-state index in [1.54, 1.807) is 0 Å². The number of benzene rings is 1. The van der Waals surface area contributed by atoms with Crippen molar-refractivity contribution in [2.75, 3.05) is 13.1 Å². The molecule has 0 saturated carbocycles. The molecule has 0 atom stereocenters. The molecule has 1 aromatic rings. The first-order valence-corrected chi connectivity index (χ1v) is 5.41. The molecule has 0 aromatic heterocycles. The van der Waals surface area contributed by atoms with Gasteiger partial charge in [0.2, 0.25) is 5.82 Å². The lowest BCUT2D eigenvalue weighted by Gasteiger charge is -2.08. The fourth-order valence-corrected chi connectivity index (χ4v) is 1.36. The van der Waals surface area contributed by atoms with E-state index in [0.29, 0.717) is 19.4 Å². The molecule has 106 valence electrons. The molecule has 0 aliphatic rings. The van der Waals surface area contributed by atoms with E-state index in [1.165, 1.54) is 0 Å². The number of nitrogens with two attached hydrogens (primary N) is 1. The molecule has 3 N–H and O–H groups in total. The van der Waals surface area contributed by atoms with Crippen LogP contribution in [0.5, 0.6) is 0 Å². The van der Waals surface area contributed by atoms with Crippen LogP contribution in [0.15, 0.2) is 0 Å². The molecule has 0 radical (unpaired) electrons. The first kappa shape index (κ1) is 15.4. The second-order valence-electron chi connectivity index (χ2n) is 3.70. The average Bonchev–Trinajstić information content (AvgIpc) is 2.39. The number of carbonyl (C=O) groups excluding carboxylic acids is 1. The third kappa shape index (κ3) is 3.19. The van der Waals surface area contributed by atoms with Gasteiger partial charge >= 0.3 is 0 Å². The lowest BCUT2D eigenvalue weighted by molar-refractivity contribution is 0.0941. The van der Waals surface area contributed by atoms with Crippen molar-refractivity contribution in [1.82, 2.24) is 5.32 Å². The van der Waals surface area contributed by atoms with Gasteiger partial charge in [0.25, 0.3) is 5.91 Å². The monoisotopic (exact) mass is 282 g/mol. The zero-order valence-corrected chi connectivity index (χ0v) is 9.70. The normalized spacial score (nSPS) is 10.6. The molecule has 0 unspecified atom stereocenters. The Kier molecular flexibility index (Phi) is 5.22. The highest BCUT2D eigenvalue weighted by molar-refractivity contribution is 5.94. The van der Waals surface area contributed by atoms with E-state index in [2.05, 4.69) is 5.32 Å². The van der Waals surface area contributed by atoms with E-state index >= 15 is 0 Å². The molecule has 3 nitrogen and oxygen atoms in total. The smallest absolute Gasteiger partial charge is 0.257 e. The lowest BCUT2D eigenvalue weighted by atomic mass is 10.1. The van der Waals surface area contributed by atoms with E-state index in [-0.39, 0.29) is 6.54 Å². The summed E-state index contributed by atoms with van der Waals surface area (Å²) in [4.78, 5) is 11.4. The quantitative estimate of drug-likeness (QED) is 0.375. The first-order chi connectivity index (χ1) is 8.91. The van der Waals surface area contributed by atoms with E-state index in [4.69, 9.17) is 5.73 Å². The highest BCUT2D eigenvalue weighted by Gasteiger charge is 2.29. The van der Waals surface area contributed by atoms with Crippen LogP contribution in [0.25, 0.3) is 0 Å². The molecule has 19 heavy (non-hydrogen) atoms. The minimum absolute atomic E-state index is 0.0233. The Labute approximate surface area is 105 Å². The Bertz CT molecular complexity index is 463. The lowest BCUT2D eigenvalue weighted by Crippen LogP contribution is -2.28. The average molecular weight is 282 g/mol. The molecule has 0 bridgehead atoms. The fraction of sp³-hybridized carbons (Fsp3) is 0.364. The van der Waals surface area contributed by atoms with Gasteiger partial charge in [-0.2, -0.15) is 0 Å². The van der Waals surface area contributed by atoms with Crippen LogP contribution in [0.4, 0.5) is 22.0 Å². The van der Waals surface area contributed by atoms with Crippen LogP contribution in [-0.2, 0) is 0 Å². The van der Waals surface area contributed by atoms with Crippen molar-refractivity contribution in [2.45, 2.75) is 12.8 Å². The summed E-state index contributed by atoms with van der Waals surface area (Å²) in [6.45, 7) is 0.383. The van der Waals surface area contributed by atoms with Gasteiger partial charge in [-0.25, -0.2) is 22.0 Å². The van der Waals surface area contributed by atoms with Gasteiger partial charge < -0.3 is 11.1 Å². The molecule has 1 amide bonds. The van der Waals surface area contributed by atoms with E-state index in [0.717, 1.165) is 0 Å². The number of hydrogen-bond acceptors (Lipinski definition) is 2. The Morgan fingerprint density at radius 1 is 0.895 bits per heavy atom. The number of amides is 1. The number of unbranched alkanes of at least 4 members (excludes halogenated alkanes) is 1. The van der Waals surface area contributed by atoms with E-state index in [9.17, 15) is 26.7 Å². The minimum Gasteiger partial charge on any atom is -0.352 e. The summed E-state index contributed by atoms with van der Waals surface area (Å²) in [6.07, 6.45) is 0.981. The van der Waals surface area contributed by atoms with Crippen LogP contribution in [0.1, 0.15) is 23.2 Å². The number of hydrogen-bond donors (Lipinski definition) is 2. The Hall–Kier alpha value is -1.70. The van der Waals surface area contributed by atoms with Gasteiger partial charge in [-0.3, -0.25) is 4.79 Å². The first-order valence-electron chi connectivity index (χ1n) is 5.41. The van der Waals surface area contributed by atoms with Crippen LogP contribution in [-0.4, -0.2) is 19.0 Å². The minimum atomic E-state index is -2.30. The van der Waals surface area contributed by atoms with Crippen molar-refractivity contribution in [2.24, 2.45) is 5.73 Å². The van der Waals surface area contributed by atoms with Gasteiger partial charge in [-0.05, 0) is 19.4 Å². The van der Waals surface area contributed by atoms with Crippen LogP contribution in [0.2, 0.25) is 0 Å². The maximum Gasteiger partial charge on any atom is 0.257 e. The Morgan fingerprint density at radius 3 is 1.84 bits per heavy atom. The molecule has 0 aliphatic carbocycles. The summed E-state index contributed by atoms with van der Waals surface area (Å²) in [5.74, 6) is -12.2. The molecule has 1 rings (SSSR count). The predicted molar refractivity (Wildman–Crippen MR) is 56.9 cm³/mol. The summed E-state index contributed by atoms with van der Waals surface area (Å²) in [7, 11) is 0. The van der Waals surface area contributed by atoms with Gasteiger partial charge in [0.05, 0.1) is 0 Å². The standard InChI is InChI=1S/C11H11F5N2O/c12-6-5(11(19)18-4-2-1-3-17)7(13)9(15)10(16)8(6)14/h1-4,17H2,(H,18,19). The third-order valence-electron chi connectivity index (χ3n) is 2.35. The number of nitrogens with one attached hydrogen (secondary N) is 1. The van der Waals surface area contributed by atoms with Gasteiger partial charge in [0.1, 0.15) is 5.56 Å². The summed E-state index contributed by atoms with van der Waals surface area (Å²) in [5.41, 5.74) is 3.71. The molecular weight excluding hydrogens is 271 g/mol. The van der Waals surface area contributed by atoms with Crippen LogP contribution < -0.4 is 11.1 Å². The second kappa shape index (κ2) is 6.46.